The molecule has 29 heavy (non-hydrogen) atoms. The maximum absolute atomic E-state index is 12.2. The van der Waals surface area contributed by atoms with Crippen LogP contribution in [0.4, 0.5) is 11.5 Å². The Kier molecular flexibility index (Phi) is 5.60. The van der Waals surface area contributed by atoms with E-state index in [1.165, 1.54) is 37.8 Å². The molecule has 148 valence electrons. The van der Waals surface area contributed by atoms with Crippen LogP contribution < -0.4 is 15.8 Å². The molecule has 8 nitrogen and oxygen atoms in total. The van der Waals surface area contributed by atoms with Gasteiger partial charge in [-0.2, -0.15) is 5.10 Å². The molecule has 1 saturated heterocycles. The van der Waals surface area contributed by atoms with Crippen LogP contribution in [-0.2, 0) is 0 Å². The number of nitrogens with zero attached hydrogens (tertiary/aromatic N) is 4. The zero-order chi connectivity index (χ0) is 20.1. The van der Waals surface area contributed by atoms with E-state index < -0.39 is 5.91 Å². The molecule has 0 spiro atoms. The topological polar surface area (TPSA) is 104 Å². The number of amides is 1. The van der Waals surface area contributed by atoms with Crippen LogP contribution in [0.1, 0.15) is 36.2 Å². The summed E-state index contributed by atoms with van der Waals surface area (Å²) in [4.78, 5) is 25.5. The summed E-state index contributed by atoms with van der Waals surface area (Å²) in [6.45, 7) is 2.07. The average Bonchev–Trinajstić information content (AvgIpc) is 3.04. The summed E-state index contributed by atoms with van der Waals surface area (Å²) in [5.41, 5.74) is 2.11. The maximum atomic E-state index is 12.2. The van der Waals surface area contributed by atoms with Crippen LogP contribution in [0.5, 0.6) is 0 Å². The van der Waals surface area contributed by atoms with E-state index in [-0.39, 0.29) is 11.3 Å². The smallest absolute Gasteiger partial charge is 0.276 e. The van der Waals surface area contributed by atoms with Gasteiger partial charge in [-0.3, -0.25) is 9.59 Å². The number of aromatic amines is 1. The highest BCUT2D eigenvalue weighted by Crippen LogP contribution is 2.22. The van der Waals surface area contributed by atoms with Crippen molar-refractivity contribution >= 4 is 17.4 Å². The lowest BCUT2D eigenvalue weighted by Gasteiger charge is -2.20. The number of benzene rings is 1. The third-order valence-electron chi connectivity index (χ3n) is 4.93. The summed E-state index contributed by atoms with van der Waals surface area (Å²) in [7, 11) is 0. The first-order valence-corrected chi connectivity index (χ1v) is 9.75. The van der Waals surface area contributed by atoms with Crippen LogP contribution in [0.25, 0.3) is 11.3 Å². The molecular formula is C21H22N6O2. The van der Waals surface area contributed by atoms with Gasteiger partial charge < -0.3 is 10.2 Å². The molecule has 0 radical (unpaired) electrons. The van der Waals surface area contributed by atoms with E-state index in [2.05, 4.69) is 30.6 Å². The van der Waals surface area contributed by atoms with Crippen LogP contribution in [0.3, 0.4) is 0 Å². The molecule has 1 amide bonds. The summed E-state index contributed by atoms with van der Waals surface area (Å²) < 4.78 is 0. The van der Waals surface area contributed by atoms with Gasteiger partial charge in [-0.1, -0.05) is 25.0 Å². The van der Waals surface area contributed by atoms with Crippen molar-refractivity contribution in [2.45, 2.75) is 25.7 Å². The van der Waals surface area contributed by atoms with Gasteiger partial charge in [-0.05, 0) is 43.2 Å². The Morgan fingerprint density at radius 1 is 0.897 bits per heavy atom. The number of aromatic nitrogens is 4. The molecule has 1 aromatic carbocycles. The van der Waals surface area contributed by atoms with Crippen LogP contribution in [0, 0.1) is 0 Å². The van der Waals surface area contributed by atoms with E-state index in [4.69, 9.17) is 0 Å². The van der Waals surface area contributed by atoms with Gasteiger partial charge in [0.05, 0.1) is 5.69 Å². The number of hydrogen-bond donors (Lipinski definition) is 2. The zero-order valence-corrected chi connectivity index (χ0v) is 16.0. The maximum Gasteiger partial charge on any atom is 0.276 e. The molecule has 3 aromatic rings. The summed E-state index contributed by atoms with van der Waals surface area (Å²) in [5.74, 6) is 0.531. The second-order valence-corrected chi connectivity index (χ2v) is 7.02. The first kappa shape index (κ1) is 18.8. The van der Waals surface area contributed by atoms with Gasteiger partial charge in [-0.15, -0.1) is 10.2 Å². The number of anilines is 2. The molecule has 2 aromatic heterocycles. The van der Waals surface area contributed by atoms with Gasteiger partial charge >= 0.3 is 0 Å². The van der Waals surface area contributed by atoms with Crippen LogP contribution in [0.2, 0.25) is 0 Å². The molecule has 8 heteroatoms. The normalized spacial score (nSPS) is 14.3. The second kappa shape index (κ2) is 8.64. The third kappa shape index (κ3) is 4.66. The predicted molar refractivity (Wildman–Crippen MR) is 111 cm³/mol. The van der Waals surface area contributed by atoms with Crippen LogP contribution in [-0.4, -0.2) is 39.4 Å². The van der Waals surface area contributed by atoms with Crippen molar-refractivity contribution in [3.05, 3.63) is 64.6 Å². The SMILES string of the molecule is O=C(Nc1ccc(-c2ccc(N3CCCCCC3)nn2)cc1)c1ccc(=O)[nH]n1. The monoisotopic (exact) mass is 390 g/mol. The minimum atomic E-state index is -0.393. The quantitative estimate of drug-likeness (QED) is 0.710. The van der Waals surface area contributed by atoms with Crippen molar-refractivity contribution < 1.29 is 4.79 Å². The molecule has 0 aliphatic carbocycles. The molecule has 1 aliphatic heterocycles. The summed E-state index contributed by atoms with van der Waals surface area (Å²) >= 11 is 0. The Morgan fingerprint density at radius 3 is 2.28 bits per heavy atom. The second-order valence-electron chi connectivity index (χ2n) is 7.02. The number of nitrogens with one attached hydrogen (secondary N) is 2. The summed E-state index contributed by atoms with van der Waals surface area (Å²) in [6.07, 6.45) is 4.96. The van der Waals surface area contributed by atoms with Gasteiger partial charge in [0.15, 0.2) is 5.82 Å². The minimum absolute atomic E-state index is 0.142. The molecule has 0 bridgehead atoms. The Bertz CT molecular complexity index is 1000. The molecule has 3 heterocycles. The fraction of sp³-hybridized carbons (Fsp3) is 0.286. The lowest BCUT2D eigenvalue weighted by molar-refractivity contribution is 0.102. The minimum Gasteiger partial charge on any atom is -0.355 e. The number of carbonyl (C=O) groups excluding carboxylic acids is 1. The number of H-pyrrole nitrogens is 1. The summed E-state index contributed by atoms with van der Waals surface area (Å²) in [5, 5.41) is 17.5. The van der Waals surface area contributed by atoms with E-state index >= 15 is 0 Å². The number of hydrogen-bond acceptors (Lipinski definition) is 6. The number of rotatable bonds is 4. The highest BCUT2D eigenvalue weighted by atomic mass is 16.2. The van der Waals surface area contributed by atoms with Gasteiger partial charge in [-0.25, -0.2) is 5.10 Å². The van der Waals surface area contributed by atoms with E-state index in [9.17, 15) is 9.59 Å². The van der Waals surface area contributed by atoms with Crippen molar-refractivity contribution in [2.24, 2.45) is 0 Å². The number of carbonyl (C=O) groups is 1. The summed E-state index contributed by atoms with van der Waals surface area (Å²) in [6, 6.07) is 14.0. The Hall–Kier alpha value is -3.55. The van der Waals surface area contributed by atoms with Gasteiger partial charge in [0.1, 0.15) is 5.69 Å². The standard InChI is InChI=1S/C21H22N6O2/c28-20-12-10-18(24-26-20)21(29)22-16-7-5-15(6-8-16)17-9-11-19(25-23-17)27-13-3-1-2-4-14-27/h5-12H,1-4,13-14H2,(H,22,29)(H,26,28). The fourth-order valence-corrected chi connectivity index (χ4v) is 3.34. The first-order valence-electron chi connectivity index (χ1n) is 9.75. The van der Waals surface area contributed by atoms with Gasteiger partial charge in [0.2, 0.25) is 0 Å². The van der Waals surface area contributed by atoms with Crippen LogP contribution in [0.15, 0.2) is 53.3 Å². The molecule has 4 rings (SSSR count). The van der Waals surface area contributed by atoms with E-state index in [1.807, 2.05) is 24.3 Å². The van der Waals surface area contributed by atoms with E-state index in [0.29, 0.717) is 5.69 Å². The molecule has 0 atom stereocenters. The lowest BCUT2D eigenvalue weighted by Crippen LogP contribution is -2.25. The average molecular weight is 390 g/mol. The van der Waals surface area contributed by atoms with Gasteiger partial charge in [0.25, 0.3) is 11.5 Å². The molecule has 0 saturated carbocycles. The van der Waals surface area contributed by atoms with Crippen LogP contribution >= 0.6 is 0 Å². The van der Waals surface area contributed by atoms with Crippen molar-refractivity contribution in [3.8, 4) is 11.3 Å². The molecular weight excluding hydrogens is 368 g/mol. The molecule has 1 aliphatic rings. The highest BCUT2D eigenvalue weighted by molar-refractivity contribution is 6.02. The molecule has 2 N–H and O–H groups in total. The Balaban J connectivity index is 1.42. The first-order chi connectivity index (χ1) is 14.2. The predicted octanol–water partition coefficient (Wildman–Crippen LogP) is 2.86. The van der Waals surface area contributed by atoms with Gasteiger partial charge in [0, 0.05) is 30.4 Å². The fourth-order valence-electron chi connectivity index (χ4n) is 3.34. The third-order valence-corrected chi connectivity index (χ3v) is 4.93. The Labute approximate surface area is 168 Å². The van der Waals surface area contributed by atoms with E-state index in [0.717, 1.165) is 30.2 Å². The lowest BCUT2D eigenvalue weighted by atomic mass is 10.1. The largest absolute Gasteiger partial charge is 0.355 e. The Morgan fingerprint density at radius 2 is 1.66 bits per heavy atom. The van der Waals surface area contributed by atoms with Crippen molar-refractivity contribution in [3.63, 3.8) is 0 Å². The van der Waals surface area contributed by atoms with Crippen molar-refractivity contribution in [1.29, 1.82) is 0 Å². The zero-order valence-electron chi connectivity index (χ0n) is 16.0. The van der Waals surface area contributed by atoms with Crippen molar-refractivity contribution in [1.82, 2.24) is 20.4 Å². The van der Waals surface area contributed by atoms with E-state index in [1.54, 1.807) is 12.1 Å². The van der Waals surface area contributed by atoms with Crippen molar-refractivity contribution in [2.75, 3.05) is 23.3 Å². The highest BCUT2D eigenvalue weighted by Gasteiger charge is 2.12. The molecule has 1 fully saturated rings. The molecule has 0 unspecified atom stereocenters.